The standard InChI is InChI=1S/C11H19N2.HI/c1-3-5-6-8-13-10-9-12(11-13)7-4-2;/h4,9-11H,2-3,5-8H2,1H3;1H/q+1;/p-1. The highest BCUT2D eigenvalue weighted by Crippen LogP contribution is 1.93. The van der Waals surface area contributed by atoms with Crippen molar-refractivity contribution in [2.75, 3.05) is 0 Å². The topological polar surface area (TPSA) is 8.81 Å². The van der Waals surface area contributed by atoms with Gasteiger partial charge in [-0.25, -0.2) is 9.13 Å². The van der Waals surface area contributed by atoms with Gasteiger partial charge in [0.2, 0.25) is 6.33 Å². The monoisotopic (exact) mass is 306 g/mol. The van der Waals surface area contributed by atoms with Crippen LogP contribution in [0.25, 0.3) is 0 Å². The zero-order valence-corrected chi connectivity index (χ0v) is 11.0. The van der Waals surface area contributed by atoms with E-state index in [-0.39, 0.29) is 24.0 Å². The van der Waals surface area contributed by atoms with Gasteiger partial charge in [0.05, 0.1) is 6.54 Å². The van der Waals surface area contributed by atoms with Crippen LogP contribution in [-0.4, -0.2) is 4.57 Å². The number of rotatable bonds is 6. The fourth-order valence-corrected chi connectivity index (χ4v) is 1.37. The van der Waals surface area contributed by atoms with Gasteiger partial charge >= 0.3 is 0 Å². The van der Waals surface area contributed by atoms with Gasteiger partial charge in [-0.3, -0.25) is 0 Å². The van der Waals surface area contributed by atoms with E-state index in [9.17, 15) is 0 Å². The van der Waals surface area contributed by atoms with Crippen LogP contribution in [0.15, 0.2) is 31.4 Å². The Bertz CT molecular complexity index is 256. The zero-order valence-electron chi connectivity index (χ0n) is 8.82. The number of allylic oxidation sites excluding steroid dienone is 1. The summed E-state index contributed by atoms with van der Waals surface area (Å²) in [7, 11) is 0. The minimum atomic E-state index is 0. The number of aromatic nitrogens is 2. The first kappa shape index (κ1) is 13.7. The average molecular weight is 306 g/mol. The summed E-state index contributed by atoms with van der Waals surface area (Å²) in [5, 5.41) is 0. The number of hydrogen-bond acceptors (Lipinski definition) is 0. The molecular formula is C11H19IN2. The largest absolute Gasteiger partial charge is 1.00 e. The summed E-state index contributed by atoms with van der Waals surface area (Å²) >= 11 is 0. The summed E-state index contributed by atoms with van der Waals surface area (Å²) in [6.07, 6.45) is 12.1. The Morgan fingerprint density at radius 2 is 2.21 bits per heavy atom. The van der Waals surface area contributed by atoms with E-state index < -0.39 is 0 Å². The highest BCUT2D eigenvalue weighted by atomic mass is 127. The Kier molecular flexibility index (Phi) is 7.84. The van der Waals surface area contributed by atoms with Crippen LogP contribution in [0.2, 0.25) is 0 Å². The Morgan fingerprint density at radius 1 is 1.43 bits per heavy atom. The third kappa shape index (κ3) is 4.79. The second kappa shape index (κ2) is 8.03. The summed E-state index contributed by atoms with van der Waals surface area (Å²) in [5.74, 6) is 0. The van der Waals surface area contributed by atoms with Crippen molar-refractivity contribution in [3.8, 4) is 0 Å². The minimum Gasteiger partial charge on any atom is -1.00 e. The van der Waals surface area contributed by atoms with E-state index in [1.54, 1.807) is 0 Å². The lowest BCUT2D eigenvalue weighted by Crippen LogP contribution is -3.00. The van der Waals surface area contributed by atoms with Crippen LogP contribution in [0, 0.1) is 0 Å². The lowest BCUT2D eigenvalue weighted by Gasteiger charge is -1.94. The molecule has 0 N–H and O–H groups in total. The SMILES string of the molecule is C=CCn1cc[n+](CCCCC)c1.[I-]. The molecule has 0 atom stereocenters. The van der Waals surface area contributed by atoms with Gasteiger partial charge in [-0.2, -0.15) is 0 Å². The van der Waals surface area contributed by atoms with Gasteiger partial charge in [-0.05, 0) is 12.8 Å². The van der Waals surface area contributed by atoms with Crippen molar-refractivity contribution in [1.29, 1.82) is 0 Å². The van der Waals surface area contributed by atoms with Crippen molar-refractivity contribution >= 4 is 0 Å². The van der Waals surface area contributed by atoms with Gasteiger partial charge in [0, 0.05) is 0 Å². The van der Waals surface area contributed by atoms with Crippen LogP contribution in [0.3, 0.4) is 0 Å². The second-order valence-corrected chi connectivity index (χ2v) is 3.34. The maximum atomic E-state index is 3.71. The number of imidazole rings is 1. The van der Waals surface area contributed by atoms with Crippen LogP contribution < -0.4 is 28.5 Å². The third-order valence-corrected chi connectivity index (χ3v) is 2.11. The van der Waals surface area contributed by atoms with E-state index in [1.165, 1.54) is 19.3 Å². The van der Waals surface area contributed by atoms with Crippen LogP contribution in [0.4, 0.5) is 0 Å². The molecule has 0 aromatic carbocycles. The maximum absolute atomic E-state index is 3.71. The number of aryl methyl sites for hydroxylation is 1. The van der Waals surface area contributed by atoms with Crippen molar-refractivity contribution in [3.05, 3.63) is 31.4 Å². The van der Waals surface area contributed by atoms with Crippen molar-refractivity contribution < 1.29 is 28.5 Å². The average Bonchev–Trinajstić information content (AvgIpc) is 2.54. The molecule has 0 spiro atoms. The minimum absolute atomic E-state index is 0. The van der Waals surface area contributed by atoms with Gasteiger partial charge in [0.25, 0.3) is 0 Å². The number of hydrogen-bond donors (Lipinski definition) is 0. The number of unbranched alkanes of at least 4 members (excludes halogenated alkanes) is 2. The van der Waals surface area contributed by atoms with Gasteiger partial charge in [-0.1, -0.05) is 26.0 Å². The molecule has 0 aliphatic carbocycles. The van der Waals surface area contributed by atoms with Gasteiger partial charge < -0.3 is 24.0 Å². The molecule has 0 fully saturated rings. The molecule has 1 aromatic heterocycles. The molecule has 3 heteroatoms. The van der Waals surface area contributed by atoms with E-state index in [4.69, 9.17) is 0 Å². The molecular weight excluding hydrogens is 287 g/mol. The molecule has 0 bridgehead atoms. The summed E-state index contributed by atoms with van der Waals surface area (Å²) in [6.45, 7) is 7.98. The Balaban J connectivity index is 0.00000169. The molecule has 0 saturated carbocycles. The molecule has 0 saturated heterocycles. The number of halogens is 1. The van der Waals surface area contributed by atoms with Crippen LogP contribution >= 0.6 is 0 Å². The predicted octanol–water partition coefficient (Wildman–Crippen LogP) is -0.844. The molecule has 80 valence electrons. The predicted molar refractivity (Wildman–Crippen MR) is 54.3 cm³/mol. The summed E-state index contributed by atoms with van der Waals surface area (Å²) in [5.41, 5.74) is 0. The lowest BCUT2D eigenvalue weighted by molar-refractivity contribution is -0.696. The molecule has 2 nitrogen and oxygen atoms in total. The molecule has 1 rings (SSSR count). The van der Waals surface area contributed by atoms with Crippen molar-refractivity contribution in [2.45, 2.75) is 39.3 Å². The molecule has 14 heavy (non-hydrogen) atoms. The normalized spacial score (nSPS) is 9.50. The molecule has 0 amide bonds. The van der Waals surface area contributed by atoms with Crippen molar-refractivity contribution in [2.24, 2.45) is 0 Å². The van der Waals surface area contributed by atoms with Crippen LogP contribution in [-0.2, 0) is 13.1 Å². The quantitative estimate of drug-likeness (QED) is 0.280. The molecule has 0 aliphatic heterocycles. The first-order valence-corrected chi connectivity index (χ1v) is 5.02. The van der Waals surface area contributed by atoms with Crippen LogP contribution in [0.5, 0.6) is 0 Å². The molecule has 1 aromatic rings. The highest BCUT2D eigenvalue weighted by Gasteiger charge is 2.00. The summed E-state index contributed by atoms with van der Waals surface area (Å²) in [4.78, 5) is 0. The zero-order chi connectivity index (χ0) is 9.52. The fourth-order valence-electron chi connectivity index (χ4n) is 1.37. The first-order chi connectivity index (χ1) is 6.36. The van der Waals surface area contributed by atoms with E-state index >= 15 is 0 Å². The smallest absolute Gasteiger partial charge is 0.244 e. The Morgan fingerprint density at radius 3 is 2.86 bits per heavy atom. The first-order valence-electron chi connectivity index (χ1n) is 5.02. The Labute approximate surface area is 104 Å². The van der Waals surface area contributed by atoms with Gasteiger partial charge in [0.1, 0.15) is 18.9 Å². The van der Waals surface area contributed by atoms with E-state index in [0.29, 0.717) is 0 Å². The second-order valence-electron chi connectivity index (χ2n) is 3.34. The van der Waals surface area contributed by atoms with Gasteiger partial charge in [0.15, 0.2) is 0 Å². The maximum Gasteiger partial charge on any atom is 0.244 e. The lowest BCUT2D eigenvalue weighted by atomic mass is 10.2. The summed E-state index contributed by atoms with van der Waals surface area (Å²) in [6, 6.07) is 0. The molecule has 0 aliphatic rings. The molecule has 1 heterocycles. The number of nitrogens with zero attached hydrogens (tertiary/aromatic N) is 2. The van der Waals surface area contributed by atoms with Gasteiger partial charge in [-0.15, -0.1) is 0 Å². The fraction of sp³-hybridized carbons (Fsp3) is 0.545. The molecule has 0 unspecified atom stereocenters. The third-order valence-electron chi connectivity index (χ3n) is 2.11. The van der Waals surface area contributed by atoms with E-state index in [1.807, 2.05) is 6.08 Å². The van der Waals surface area contributed by atoms with Crippen molar-refractivity contribution in [1.82, 2.24) is 4.57 Å². The van der Waals surface area contributed by atoms with Crippen LogP contribution in [0.1, 0.15) is 26.2 Å². The van der Waals surface area contributed by atoms with Crippen molar-refractivity contribution in [3.63, 3.8) is 0 Å². The molecule has 0 radical (unpaired) electrons. The van der Waals surface area contributed by atoms with E-state index in [2.05, 4.69) is 41.4 Å². The Hall–Kier alpha value is -0.320. The summed E-state index contributed by atoms with van der Waals surface area (Å²) < 4.78 is 4.37. The highest BCUT2D eigenvalue weighted by molar-refractivity contribution is 4.73. The van der Waals surface area contributed by atoms with E-state index in [0.717, 1.165) is 13.1 Å².